The molecule has 2 heterocycles. The van der Waals surface area contributed by atoms with Crippen LogP contribution in [0.15, 0.2) is 28.8 Å². The minimum absolute atomic E-state index is 0.146. The highest BCUT2D eigenvalue weighted by Crippen LogP contribution is 2.29. The summed E-state index contributed by atoms with van der Waals surface area (Å²) in [7, 11) is 1.58. The summed E-state index contributed by atoms with van der Waals surface area (Å²) in [6.45, 7) is 5.43. The summed E-state index contributed by atoms with van der Waals surface area (Å²) in [5.41, 5.74) is 1.27. The van der Waals surface area contributed by atoms with E-state index in [1.54, 1.807) is 27.9 Å². The summed E-state index contributed by atoms with van der Waals surface area (Å²) >= 11 is 0. The van der Waals surface area contributed by atoms with E-state index in [1.165, 1.54) is 4.90 Å². The van der Waals surface area contributed by atoms with Crippen LogP contribution in [0.3, 0.4) is 0 Å². The molecule has 2 aromatic rings. The minimum Gasteiger partial charge on any atom is -0.496 e. The van der Waals surface area contributed by atoms with Gasteiger partial charge in [-0.15, -0.1) is 0 Å². The Kier molecular flexibility index (Phi) is 4.24. The summed E-state index contributed by atoms with van der Waals surface area (Å²) in [6.07, 6.45) is 0.347. The molecule has 0 saturated carbocycles. The number of carbonyl (C=O) groups is 2. The van der Waals surface area contributed by atoms with E-state index in [0.717, 1.165) is 11.1 Å². The maximum atomic E-state index is 12.9. The number of amides is 3. The average molecular weight is 343 g/mol. The molecule has 1 aliphatic heterocycles. The van der Waals surface area contributed by atoms with Gasteiger partial charge in [0.05, 0.1) is 19.3 Å². The van der Waals surface area contributed by atoms with Gasteiger partial charge in [-0.25, -0.2) is 4.79 Å². The molecule has 1 N–H and O–H groups in total. The van der Waals surface area contributed by atoms with Gasteiger partial charge in [0, 0.05) is 12.0 Å². The van der Waals surface area contributed by atoms with Crippen LogP contribution in [0, 0.1) is 13.8 Å². The Hall–Kier alpha value is -2.83. The third kappa shape index (κ3) is 2.97. The second kappa shape index (κ2) is 6.23. The van der Waals surface area contributed by atoms with Gasteiger partial charge in [0.2, 0.25) is 0 Å². The van der Waals surface area contributed by atoms with E-state index in [-0.39, 0.29) is 12.5 Å². The quantitative estimate of drug-likeness (QED) is 0.843. The van der Waals surface area contributed by atoms with Gasteiger partial charge >= 0.3 is 6.03 Å². The SMILES string of the molecule is COc1ccccc1C[C@@]1(C)NC(=O)N(Cc2c(C)noc2C)C1=O. The molecule has 1 fully saturated rings. The number of carbonyl (C=O) groups excluding carboxylic acids is 2. The normalized spacial score (nSPS) is 20.1. The Morgan fingerprint density at radius 3 is 2.64 bits per heavy atom. The summed E-state index contributed by atoms with van der Waals surface area (Å²) in [5, 5.41) is 6.69. The zero-order valence-electron chi connectivity index (χ0n) is 14.8. The molecule has 0 spiro atoms. The van der Waals surface area contributed by atoms with Gasteiger partial charge in [0.25, 0.3) is 5.91 Å². The summed E-state index contributed by atoms with van der Waals surface area (Å²) in [6, 6.07) is 7.05. The number of aromatic nitrogens is 1. The van der Waals surface area contributed by atoms with Crippen LogP contribution in [0.2, 0.25) is 0 Å². The third-order valence-electron chi connectivity index (χ3n) is 4.58. The monoisotopic (exact) mass is 343 g/mol. The molecule has 3 rings (SSSR count). The van der Waals surface area contributed by atoms with Crippen molar-refractivity contribution < 1.29 is 18.8 Å². The van der Waals surface area contributed by atoms with Gasteiger partial charge in [-0.2, -0.15) is 0 Å². The predicted octanol–water partition coefficient (Wildman–Crippen LogP) is 2.35. The summed E-state index contributed by atoms with van der Waals surface area (Å²) in [5.74, 6) is 1.02. The summed E-state index contributed by atoms with van der Waals surface area (Å²) in [4.78, 5) is 26.6. The first-order valence-electron chi connectivity index (χ1n) is 8.03. The third-order valence-corrected chi connectivity index (χ3v) is 4.58. The van der Waals surface area contributed by atoms with E-state index in [1.807, 2.05) is 24.3 Å². The fourth-order valence-electron chi connectivity index (χ4n) is 3.13. The number of ether oxygens (including phenoxy) is 1. The molecule has 7 nitrogen and oxygen atoms in total. The molecule has 3 amide bonds. The first kappa shape index (κ1) is 17.0. The standard InChI is InChI=1S/C18H21N3O4/c1-11-14(12(2)25-20-11)10-21-16(22)18(3,19-17(21)23)9-13-7-5-6-8-15(13)24-4/h5-8H,9-10H2,1-4H3,(H,19,23)/t18-/m1/s1. The van der Waals surface area contributed by atoms with Crippen molar-refractivity contribution >= 4 is 11.9 Å². The highest BCUT2D eigenvalue weighted by molar-refractivity contribution is 6.06. The summed E-state index contributed by atoms with van der Waals surface area (Å²) < 4.78 is 10.5. The van der Waals surface area contributed by atoms with Crippen molar-refractivity contribution in [1.82, 2.24) is 15.4 Å². The number of hydrogen-bond donors (Lipinski definition) is 1. The van der Waals surface area contributed by atoms with Crippen LogP contribution in [0.4, 0.5) is 4.79 Å². The lowest BCUT2D eigenvalue weighted by Gasteiger charge is -2.22. The van der Waals surface area contributed by atoms with Gasteiger partial charge in [-0.1, -0.05) is 23.4 Å². The molecule has 0 bridgehead atoms. The number of methoxy groups -OCH3 is 1. The molecule has 1 aliphatic rings. The Bertz CT molecular complexity index is 810. The lowest BCUT2D eigenvalue weighted by molar-refractivity contribution is -0.131. The fraction of sp³-hybridized carbons (Fsp3) is 0.389. The maximum absolute atomic E-state index is 12.9. The van der Waals surface area contributed by atoms with Crippen LogP contribution in [-0.4, -0.2) is 34.6 Å². The fourth-order valence-corrected chi connectivity index (χ4v) is 3.13. The van der Waals surface area contributed by atoms with Crippen LogP contribution >= 0.6 is 0 Å². The van der Waals surface area contributed by atoms with Gasteiger partial charge in [0.1, 0.15) is 17.0 Å². The first-order chi connectivity index (χ1) is 11.9. The highest BCUT2D eigenvalue weighted by Gasteiger charge is 2.48. The van der Waals surface area contributed by atoms with Gasteiger partial charge in [-0.3, -0.25) is 9.69 Å². The van der Waals surface area contributed by atoms with E-state index in [0.29, 0.717) is 23.6 Å². The molecular formula is C18H21N3O4. The average Bonchev–Trinajstić information content (AvgIpc) is 3.00. The Balaban J connectivity index is 1.85. The molecule has 1 saturated heterocycles. The van der Waals surface area contributed by atoms with Gasteiger partial charge < -0.3 is 14.6 Å². The molecule has 1 aromatic heterocycles. The smallest absolute Gasteiger partial charge is 0.325 e. The maximum Gasteiger partial charge on any atom is 0.325 e. The second-order valence-electron chi connectivity index (χ2n) is 6.44. The van der Waals surface area contributed by atoms with E-state index in [4.69, 9.17) is 9.26 Å². The molecule has 0 unspecified atom stereocenters. The molecule has 132 valence electrons. The van der Waals surface area contributed by atoms with Crippen molar-refractivity contribution in [3.05, 3.63) is 46.8 Å². The lowest BCUT2D eigenvalue weighted by atomic mass is 9.92. The molecule has 7 heteroatoms. The number of nitrogens with zero attached hydrogens (tertiary/aromatic N) is 2. The van der Waals surface area contributed by atoms with E-state index in [9.17, 15) is 9.59 Å². The van der Waals surface area contributed by atoms with Crippen molar-refractivity contribution in [3.63, 3.8) is 0 Å². The van der Waals surface area contributed by atoms with Gasteiger partial charge in [0.15, 0.2) is 0 Å². The largest absolute Gasteiger partial charge is 0.496 e. The first-order valence-corrected chi connectivity index (χ1v) is 8.03. The number of imide groups is 1. The topological polar surface area (TPSA) is 84.7 Å². The Morgan fingerprint density at radius 2 is 2.00 bits per heavy atom. The molecule has 25 heavy (non-hydrogen) atoms. The minimum atomic E-state index is -1.02. The molecule has 1 atom stereocenters. The Morgan fingerprint density at radius 1 is 1.28 bits per heavy atom. The number of benzene rings is 1. The van der Waals surface area contributed by atoms with Crippen molar-refractivity contribution in [2.45, 2.75) is 39.3 Å². The van der Waals surface area contributed by atoms with Crippen LogP contribution < -0.4 is 10.1 Å². The van der Waals surface area contributed by atoms with E-state index >= 15 is 0 Å². The molecular weight excluding hydrogens is 322 g/mol. The van der Waals surface area contributed by atoms with Crippen LogP contribution in [-0.2, 0) is 17.8 Å². The lowest BCUT2D eigenvalue weighted by Crippen LogP contribution is -2.46. The highest BCUT2D eigenvalue weighted by atomic mass is 16.5. The van der Waals surface area contributed by atoms with Crippen LogP contribution in [0.25, 0.3) is 0 Å². The second-order valence-corrected chi connectivity index (χ2v) is 6.44. The predicted molar refractivity (Wildman–Crippen MR) is 90.2 cm³/mol. The van der Waals surface area contributed by atoms with Crippen LogP contribution in [0.1, 0.15) is 29.5 Å². The Labute approximate surface area is 145 Å². The number of nitrogens with one attached hydrogen (secondary N) is 1. The number of hydrogen-bond acceptors (Lipinski definition) is 5. The zero-order chi connectivity index (χ0) is 18.2. The number of aryl methyl sites for hydroxylation is 2. The van der Waals surface area contributed by atoms with Crippen molar-refractivity contribution in [2.24, 2.45) is 0 Å². The van der Waals surface area contributed by atoms with Crippen LogP contribution in [0.5, 0.6) is 5.75 Å². The number of rotatable bonds is 5. The molecule has 0 radical (unpaired) electrons. The number of para-hydroxylation sites is 1. The zero-order valence-corrected chi connectivity index (χ0v) is 14.8. The number of urea groups is 1. The van der Waals surface area contributed by atoms with E-state index < -0.39 is 11.6 Å². The van der Waals surface area contributed by atoms with Crippen molar-refractivity contribution in [3.8, 4) is 5.75 Å². The van der Waals surface area contributed by atoms with Crippen molar-refractivity contribution in [2.75, 3.05) is 7.11 Å². The van der Waals surface area contributed by atoms with E-state index in [2.05, 4.69) is 10.5 Å². The van der Waals surface area contributed by atoms with Gasteiger partial charge in [-0.05, 0) is 32.4 Å². The molecule has 0 aliphatic carbocycles. The molecule has 1 aromatic carbocycles. The van der Waals surface area contributed by atoms with Crippen molar-refractivity contribution in [1.29, 1.82) is 0 Å².